The summed E-state index contributed by atoms with van der Waals surface area (Å²) >= 11 is 0. The van der Waals surface area contributed by atoms with Crippen LogP contribution in [0.3, 0.4) is 0 Å². The molecule has 0 radical (unpaired) electrons. The van der Waals surface area contributed by atoms with Crippen molar-refractivity contribution in [1.82, 2.24) is 4.98 Å². The molecule has 1 heterocycles. The number of benzene rings is 1. The second-order valence-corrected chi connectivity index (χ2v) is 5.56. The fourth-order valence-corrected chi connectivity index (χ4v) is 2.45. The quantitative estimate of drug-likeness (QED) is 0.627. The van der Waals surface area contributed by atoms with Gasteiger partial charge in [-0.2, -0.15) is 0 Å². The highest BCUT2D eigenvalue weighted by atomic mass is 16.5. The van der Waals surface area contributed by atoms with Crippen molar-refractivity contribution in [3.05, 3.63) is 30.0 Å². The van der Waals surface area contributed by atoms with E-state index in [0.717, 1.165) is 23.7 Å². The average molecular weight is 302 g/mol. The number of fused-ring (bicyclic) bond motifs is 1. The number of aromatic nitrogens is 1. The number of hydrogen-bond donors (Lipinski definition) is 2. The van der Waals surface area contributed by atoms with Crippen LogP contribution in [0.25, 0.3) is 10.9 Å². The SMILES string of the molecule is COc1ccc2[nH]cc(C(C(N)=O)C(=O)OCC3CC3)c2c1. The fourth-order valence-electron chi connectivity index (χ4n) is 2.45. The molecule has 1 amide bonds. The Bertz CT molecular complexity index is 718. The standard InChI is InChI=1S/C16H18N2O4/c1-21-10-4-5-13-11(6-10)12(7-18-13)14(15(17)19)16(20)22-8-9-2-3-9/h4-7,9,14,18H,2-3,8H2,1H3,(H2,17,19). The van der Waals surface area contributed by atoms with Crippen molar-refractivity contribution in [2.24, 2.45) is 11.7 Å². The number of rotatable bonds is 6. The minimum absolute atomic E-state index is 0.355. The van der Waals surface area contributed by atoms with E-state index < -0.39 is 17.8 Å². The highest BCUT2D eigenvalue weighted by Crippen LogP contribution is 2.32. The largest absolute Gasteiger partial charge is 0.497 e. The molecule has 1 aliphatic carbocycles. The highest BCUT2D eigenvalue weighted by Gasteiger charge is 2.32. The zero-order valence-electron chi connectivity index (χ0n) is 12.3. The number of carbonyl (C=O) groups excluding carboxylic acids is 2. The van der Waals surface area contributed by atoms with E-state index in [9.17, 15) is 9.59 Å². The Balaban J connectivity index is 1.93. The Morgan fingerprint density at radius 2 is 2.18 bits per heavy atom. The minimum Gasteiger partial charge on any atom is -0.497 e. The number of esters is 1. The molecule has 1 aromatic carbocycles. The predicted molar refractivity (Wildman–Crippen MR) is 80.5 cm³/mol. The van der Waals surface area contributed by atoms with Crippen LogP contribution in [0.2, 0.25) is 0 Å². The summed E-state index contributed by atoms with van der Waals surface area (Å²) in [5.74, 6) is -1.35. The maximum absolute atomic E-state index is 12.2. The number of H-pyrrole nitrogens is 1. The molecule has 0 aliphatic heterocycles. The number of primary amides is 1. The number of amides is 1. The van der Waals surface area contributed by atoms with E-state index in [4.69, 9.17) is 15.2 Å². The Kier molecular flexibility index (Phi) is 3.75. The summed E-state index contributed by atoms with van der Waals surface area (Å²) in [5.41, 5.74) is 6.75. The zero-order chi connectivity index (χ0) is 15.7. The molecule has 1 saturated carbocycles. The lowest BCUT2D eigenvalue weighted by Gasteiger charge is -2.12. The number of aromatic amines is 1. The van der Waals surface area contributed by atoms with Crippen LogP contribution in [-0.2, 0) is 14.3 Å². The Morgan fingerprint density at radius 1 is 1.41 bits per heavy atom. The van der Waals surface area contributed by atoms with E-state index in [-0.39, 0.29) is 0 Å². The third kappa shape index (κ3) is 2.77. The number of carbonyl (C=O) groups is 2. The van der Waals surface area contributed by atoms with Crippen LogP contribution < -0.4 is 10.5 Å². The van der Waals surface area contributed by atoms with Gasteiger partial charge in [-0.05, 0) is 37.0 Å². The first-order chi connectivity index (χ1) is 10.6. The van der Waals surface area contributed by atoms with Gasteiger partial charge >= 0.3 is 5.97 Å². The van der Waals surface area contributed by atoms with Crippen molar-refractivity contribution in [3.63, 3.8) is 0 Å². The lowest BCUT2D eigenvalue weighted by atomic mass is 9.98. The van der Waals surface area contributed by atoms with Gasteiger partial charge in [-0.3, -0.25) is 9.59 Å². The molecular formula is C16H18N2O4. The molecule has 1 unspecified atom stereocenters. The maximum atomic E-state index is 12.2. The van der Waals surface area contributed by atoms with Crippen molar-refractivity contribution in [2.45, 2.75) is 18.8 Å². The maximum Gasteiger partial charge on any atom is 0.323 e. The monoisotopic (exact) mass is 302 g/mol. The van der Waals surface area contributed by atoms with Gasteiger partial charge in [0, 0.05) is 22.7 Å². The first kappa shape index (κ1) is 14.4. The van der Waals surface area contributed by atoms with Crippen LogP contribution in [0.15, 0.2) is 24.4 Å². The normalized spacial score (nSPS) is 15.5. The van der Waals surface area contributed by atoms with Gasteiger partial charge in [0.2, 0.25) is 5.91 Å². The third-order valence-corrected chi connectivity index (χ3v) is 3.91. The van der Waals surface area contributed by atoms with Crippen LogP contribution in [-0.4, -0.2) is 30.6 Å². The molecule has 2 aromatic rings. The van der Waals surface area contributed by atoms with Gasteiger partial charge in [-0.25, -0.2) is 0 Å². The van der Waals surface area contributed by atoms with Gasteiger partial charge in [-0.15, -0.1) is 0 Å². The molecule has 0 saturated heterocycles. The Morgan fingerprint density at radius 3 is 2.82 bits per heavy atom. The summed E-state index contributed by atoms with van der Waals surface area (Å²) in [6.45, 7) is 0.355. The Labute approximate surface area is 127 Å². The summed E-state index contributed by atoms with van der Waals surface area (Å²) in [4.78, 5) is 27.1. The van der Waals surface area contributed by atoms with Crippen LogP contribution in [0.4, 0.5) is 0 Å². The van der Waals surface area contributed by atoms with E-state index >= 15 is 0 Å². The summed E-state index contributed by atoms with van der Waals surface area (Å²) in [5, 5.41) is 0.728. The summed E-state index contributed by atoms with van der Waals surface area (Å²) in [6.07, 6.45) is 3.76. The van der Waals surface area contributed by atoms with Crippen molar-refractivity contribution in [2.75, 3.05) is 13.7 Å². The molecule has 1 aromatic heterocycles. The van der Waals surface area contributed by atoms with E-state index in [1.165, 1.54) is 0 Å². The van der Waals surface area contributed by atoms with Crippen LogP contribution in [0, 0.1) is 5.92 Å². The highest BCUT2D eigenvalue weighted by molar-refractivity contribution is 6.06. The second kappa shape index (κ2) is 5.71. The molecule has 1 aliphatic rings. The Hall–Kier alpha value is -2.50. The average Bonchev–Trinajstić information content (AvgIpc) is 3.25. The molecule has 6 heteroatoms. The number of hydrogen-bond acceptors (Lipinski definition) is 4. The molecule has 6 nitrogen and oxygen atoms in total. The van der Waals surface area contributed by atoms with Gasteiger partial charge in [-0.1, -0.05) is 0 Å². The topological polar surface area (TPSA) is 94.4 Å². The molecule has 0 spiro atoms. The van der Waals surface area contributed by atoms with Crippen LogP contribution in [0.5, 0.6) is 5.75 Å². The van der Waals surface area contributed by atoms with Crippen molar-refractivity contribution < 1.29 is 19.1 Å². The van der Waals surface area contributed by atoms with Gasteiger partial charge in [0.05, 0.1) is 13.7 Å². The molecule has 116 valence electrons. The van der Waals surface area contributed by atoms with E-state index in [1.54, 1.807) is 25.4 Å². The molecule has 1 fully saturated rings. The number of nitrogens with two attached hydrogens (primary N) is 1. The molecule has 0 bridgehead atoms. The third-order valence-electron chi connectivity index (χ3n) is 3.91. The molecular weight excluding hydrogens is 284 g/mol. The lowest BCUT2D eigenvalue weighted by Crippen LogP contribution is -2.30. The van der Waals surface area contributed by atoms with E-state index in [2.05, 4.69) is 4.98 Å². The first-order valence-corrected chi connectivity index (χ1v) is 7.21. The molecule has 3 N–H and O–H groups in total. The van der Waals surface area contributed by atoms with Crippen LogP contribution in [0.1, 0.15) is 24.3 Å². The van der Waals surface area contributed by atoms with Crippen molar-refractivity contribution >= 4 is 22.8 Å². The minimum atomic E-state index is -1.11. The van der Waals surface area contributed by atoms with Gasteiger partial charge in [0.1, 0.15) is 5.75 Å². The van der Waals surface area contributed by atoms with Gasteiger partial charge < -0.3 is 20.2 Å². The van der Waals surface area contributed by atoms with E-state index in [0.29, 0.717) is 23.8 Å². The smallest absolute Gasteiger partial charge is 0.323 e. The zero-order valence-corrected chi connectivity index (χ0v) is 12.3. The second-order valence-electron chi connectivity index (χ2n) is 5.56. The predicted octanol–water partition coefficient (Wildman–Crippen LogP) is 1.70. The van der Waals surface area contributed by atoms with Crippen molar-refractivity contribution in [3.8, 4) is 5.75 Å². The number of nitrogens with one attached hydrogen (secondary N) is 1. The van der Waals surface area contributed by atoms with Crippen molar-refractivity contribution in [1.29, 1.82) is 0 Å². The van der Waals surface area contributed by atoms with Gasteiger partial charge in [0.15, 0.2) is 5.92 Å². The molecule has 22 heavy (non-hydrogen) atoms. The molecule has 3 rings (SSSR count). The number of ether oxygens (including phenoxy) is 2. The summed E-state index contributed by atoms with van der Waals surface area (Å²) in [6, 6.07) is 5.39. The summed E-state index contributed by atoms with van der Waals surface area (Å²) < 4.78 is 10.4. The number of methoxy groups -OCH3 is 1. The lowest BCUT2D eigenvalue weighted by molar-refractivity contribution is -0.148. The van der Waals surface area contributed by atoms with E-state index in [1.807, 2.05) is 6.07 Å². The van der Waals surface area contributed by atoms with Crippen LogP contribution >= 0.6 is 0 Å². The first-order valence-electron chi connectivity index (χ1n) is 7.21. The fraction of sp³-hybridized carbons (Fsp3) is 0.375. The van der Waals surface area contributed by atoms with Gasteiger partial charge in [0.25, 0.3) is 0 Å². The molecule has 1 atom stereocenters. The summed E-state index contributed by atoms with van der Waals surface area (Å²) in [7, 11) is 1.56.